The van der Waals surface area contributed by atoms with E-state index in [4.69, 9.17) is 0 Å². The van der Waals surface area contributed by atoms with E-state index in [0.717, 1.165) is 18.7 Å². The zero-order chi connectivity index (χ0) is 13.0. The summed E-state index contributed by atoms with van der Waals surface area (Å²) in [5.41, 5.74) is 0.262. The quantitative estimate of drug-likeness (QED) is 0.881. The highest BCUT2D eigenvalue weighted by atomic mass is 19.1. The molecule has 0 aliphatic heterocycles. The van der Waals surface area contributed by atoms with Gasteiger partial charge < -0.3 is 5.32 Å². The van der Waals surface area contributed by atoms with Crippen molar-refractivity contribution in [3.63, 3.8) is 0 Å². The first-order chi connectivity index (χ1) is 8.70. The van der Waals surface area contributed by atoms with Crippen molar-refractivity contribution in [2.45, 2.75) is 20.0 Å². The SMILES string of the molecule is CCNCc1ncnn1Cc1cc(F)ccc1F. The molecule has 0 amide bonds. The second-order valence-corrected chi connectivity index (χ2v) is 3.85. The average molecular weight is 252 g/mol. The Bertz CT molecular complexity index is 525. The van der Waals surface area contributed by atoms with Gasteiger partial charge in [0.1, 0.15) is 23.8 Å². The van der Waals surface area contributed by atoms with E-state index >= 15 is 0 Å². The fourth-order valence-electron chi connectivity index (χ4n) is 1.62. The molecule has 0 spiro atoms. The van der Waals surface area contributed by atoms with Crippen LogP contribution in [0.3, 0.4) is 0 Å². The molecule has 4 nitrogen and oxygen atoms in total. The Morgan fingerprint density at radius 3 is 2.94 bits per heavy atom. The summed E-state index contributed by atoms with van der Waals surface area (Å²) in [6.45, 7) is 3.51. The minimum Gasteiger partial charge on any atom is -0.310 e. The minimum absolute atomic E-state index is 0.171. The van der Waals surface area contributed by atoms with Crippen molar-refractivity contribution in [2.75, 3.05) is 6.54 Å². The number of hydrogen-bond donors (Lipinski definition) is 1. The summed E-state index contributed by atoms with van der Waals surface area (Å²) in [4.78, 5) is 4.08. The molecule has 0 atom stereocenters. The van der Waals surface area contributed by atoms with Gasteiger partial charge in [-0.25, -0.2) is 18.4 Å². The van der Waals surface area contributed by atoms with Gasteiger partial charge in [0.05, 0.1) is 13.1 Å². The Morgan fingerprint density at radius 2 is 2.17 bits per heavy atom. The molecule has 0 fully saturated rings. The number of aromatic nitrogens is 3. The van der Waals surface area contributed by atoms with Crippen molar-refractivity contribution in [3.8, 4) is 0 Å². The lowest BCUT2D eigenvalue weighted by molar-refractivity contribution is 0.548. The van der Waals surface area contributed by atoms with Gasteiger partial charge in [0.2, 0.25) is 0 Å². The molecule has 0 saturated heterocycles. The lowest BCUT2D eigenvalue weighted by Crippen LogP contribution is -2.17. The van der Waals surface area contributed by atoms with Crippen LogP contribution in [0.15, 0.2) is 24.5 Å². The molecule has 1 aromatic heterocycles. The Morgan fingerprint density at radius 1 is 1.33 bits per heavy atom. The summed E-state index contributed by atoms with van der Waals surface area (Å²) < 4.78 is 28.1. The van der Waals surface area contributed by atoms with Gasteiger partial charge in [-0.3, -0.25) is 0 Å². The van der Waals surface area contributed by atoms with E-state index in [1.54, 1.807) is 4.68 Å². The van der Waals surface area contributed by atoms with E-state index in [0.29, 0.717) is 12.4 Å². The van der Waals surface area contributed by atoms with Gasteiger partial charge in [0.15, 0.2) is 0 Å². The number of benzene rings is 1. The summed E-state index contributed by atoms with van der Waals surface area (Å²) in [5.74, 6) is -0.207. The van der Waals surface area contributed by atoms with Crippen molar-refractivity contribution in [3.05, 3.63) is 47.5 Å². The van der Waals surface area contributed by atoms with E-state index in [1.807, 2.05) is 6.92 Å². The molecule has 0 saturated carbocycles. The van der Waals surface area contributed by atoms with E-state index in [9.17, 15) is 8.78 Å². The van der Waals surface area contributed by atoms with Crippen LogP contribution in [0.1, 0.15) is 18.3 Å². The summed E-state index contributed by atoms with van der Waals surface area (Å²) >= 11 is 0. The molecular weight excluding hydrogens is 238 g/mol. The standard InChI is InChI=1S/C12H14F2N4/c1-2-15-6-12-16-8-17-18(12)7-9-5-10(13)3-4-11(9)14/h3-5,8,15H,2,6-7H2,1H3. The zero-order valence-electron chi connectivity index (χ0n) is 10.0. The van der Waals surface area contributed by atoms with Gasteiger partial charge in [-0.1, -0.05) is 6.92 Å². The highest BCUT2D eigenvalue weighted by Crippen LogP contribution is 2.11. The maximum Gasteiger partial charge on any atom is 0.141 e. The van der Waals surface area contributed by atoms with Crippen molar-refractivity contribution in [1.29, 1.82) is 0 Å². The smallest absolute Gasteiger partial charge is 0.141 e. The largest absolute Gasteiger partial charge is 0.310 e. The first kappa shape index (κ1) is 12.6. The number of halogens is 2. The summed E-state index contributed by atoms with van der Waals surface area (Å²) in [6.07, 6.45) is 1.41. The van der Waals surface area contributed by atoms with E-state index in [2.05, 4.69) is 15.4 Å². The second kappa shape index (κ2) is 5.68. The van der Waals surface area contributed by atoms with E-state index < -0.39 is 11.6 Å². The van der Waals surface area contributed by atoms with Crippen LogP contribution < -0.4 is 5.32 Å². The molecule has 2 aromatic rings. The fraction of sp³-hybridized carbons (Fsp3) is 0.333. The van der Waals surface area contributed by atoms with Crippen LogP contribution in [0.25, 0.3) is 0 Å². The van der Waals surface area contributed by atoms with Crippen molar-refractivity contribution < 1.29 is 8.78 Å². The molecule has 1 N–H and O–H groups in total. The van der Waals surface area contributed by atoms with Gasteiger partial charge in [0, 0.05) is 5.56 Å². The summed E-state index contributed by atoms with van der Waals surface area (Å²) in [5, 5.41) is 7.12. The van der Waals surface area contributed by atoms with Crippen molar-refractivity contribution in [1.82, 2.24) is 20.1 Å². The predicted molar refractivity (Wildman–Crippen MR) is 62.9 cm³/mol. The van der Waals surface area contributed by atoms with E-state index in [-0.39, 0.29) is 12.1 Å². The predicted octanol–water partition coefficient (Wildman–Crippen LogP) is 1.71. The van der Waals surface area contributed by atoms with Crippen LogP contribution in [-0.4, -0.2) is 21.3 Å². The Labute approximate surface area is 104 Å². The van der Waals surface area contributed by atoms with Gasteiger partial charge in [-0.05, 0) is 24.7 Å². The fourth-order valence-corrected chi connectivity index (χ4v) is 1.62. The van der Waals surface area contributed by atoms with Crippen molar-refractivity contribution in [2.24, 2.45) is 0 Å². The zero-order valence-corrected chi connectivity index (χ0v) is 10.0. The molecule has 1 heterocycles. The molecular formula is C12H14F2N4. The number of hydrogen-bond acceptors (Lipinski definition) is 3. The number of nitrogens with one attached hydrogen (secondary N) is 1. The maximum atomic E-state index is 13.5. The Kier molecular flexibility index (Phi) is 3.99. The Hall–Kier alpha value is -1.82. The van der Waals surface area contributed by atoms with Gasteiger partial charge in [-0.15, -0.1) is 0 Å². The van der Waals surface area contributed by atoms with E-state index in [1.165, 1.54) is 12.4 Å². The summed E-state index contributed by atoms with van der Waals surface area (Å²) in [7, 11) is 0. The molecule has 0 aliphatic carbocycles. The number of nitrogens with zero attached hydrogens (tertiary/aromatic N) is 3. The van der Waals surface area contributed by atoms with Crippen LogP contribution in [0.5, 0.6) is 0 Å². The molecule has 2 rings (SSSR count). The highest BCUT2D eigenvalue weighted by Gasteiger charge is 2.08. The van der Waals surface area contributed by atoms with Crippen LogP contribution in [-0.2, 0) is 13.1 Å². The molecule has 0 bridgehead atoms. The molecule has 0 unspecified atom stereocenters. The lowest BCUT2D eigenvalue weighted by Gasteiger charge is -2.07. The highest BCUT2D eigenvalue weighted by molar-refractivity contribution is 5.19. The van der Waals surface area contributed by atoms with Crippen LogP contribution >= 0.6 is 0 Å². The third kappa shape index (κ3) is 2.89. The number of rotatable bonds is 5. The first-order valence-corrected chi connectivity index (χ1v) is 5.72. The summed E-state index contributed by atoms with van der Waals surface area (Å²) in [6, 6.07) is 3.39. The minimum atomic E-state index is -0.459. The third-order valence-corrected chi connectivity index (χ3v) is 2.56. The molecule has 1 aromatic carbocycles. The lowest BCUT2D eigenvalue weighted by atomic mass is 10.2. The monoisotopic (exact) mass is 252 g/mol. The molecule has 18 heavy (non-hydrogen) atoms. The van der Waals surface area contributed by atoms with Crippen molar-refractivity contribution >= 4 is 0 Å². The van der Waals surface area contributed by atoms with Crippen LogP contribution in [0.4, 0.5) is 8.78 Å². The topological polar surface area (TPSA) is 42.7 Å². The average Bonchev–Trinajstić information content (AvgIpc) is 2.79. The van der Waals surface area contributed by atoms with Gasteiger partial charge in [-0.2, -0.15) is 5.10 Å². The normalized spacial score (nSPS) is 10.8. The molecule has 0 aliphatic rings. The third-order valence-electron chi connectivity index (χ3n) is 2.56. The van der Waals surface area contributed by atoms with Gasteiger partial charge in [0.25, 0.3) is 0 Å². The second-order valence-electron chi connectivity index (χ2n) is 3.85. The van der Waals surface area contributed by atoms with Gasteiger partial charge >= 0.3 is 0 Å². The molecule has 96 valence electrons. The maximum absolute atomic E-state index is 13.5. The molecule has 6 heteroatoms. The van der Waals surface area contributed by atoms with Crippen LogP contribution in [0, 0.1) is 11.6 Å². The molecule has 0 radical (unpaired) electrons. The Balaban J connectivity index is 2.18. The van der Waals surface area contributed by atoms with Crippen LogP contribution in [0.2, 0.25) is 0 Å². The first-order valence-electron chi connectivity index (χ1n) is 5.72.